The smallest absolute Gasteiger partial charge is 0.130 e. The summed E-state index contributed by atoms with van der Waals surface area (Å²) in [5, 5.41) is 8.94. The first kappa shape index (κ1) is 14.3. The van der Waals surface area contributed by atoms with Crippen molar-refractivity contribution in [2.75, 3.05) is 28.3 Å². The van der Waals surface area contributed by atoms with Gasteiger partial charge in [-0.05, 0) is 27.1 Å². The Kier molecular flexibility index (Phi) is 4.99. The first-order valence-electron chi connectivity index (χ1n) is 5.81. The molecule has 1 aromatic rings. The van der Waals surface area contributed by atoms with E-state index in [9.17, 15) is 0 Å². The van der Waals surface area contributed by atoms with Crippen molar-refractivity contribution in [1.29, 1.82) is 5.26 Å². The number of ether oxygens (including phenoxy) is 2. The monoisotopic (exact) mass is 248 g/mol. The zero-order valence-corrected chi connectivity index (χ0v) is 11.7. The average Bonchev–Trinajstić information content (AvgIpc) is 2.35. The lowest BCUT2D eigenvalue weighted by molar-refractivity contribution is 0.291. The maximum absolute atomic E-state index is 8.94. The maximum Gasteiger partial charge on any atom is 0.130 e. The third-order valence-electron chi connectivity index (χ3n) is 3.08. The molecule has 0 aliphatic rings. The largest absolute Gasteiger partial charge is 0.496 e. The molecule has 1 atom stereocenters. The van der Waals surface area contributed by atoms with Gasteiger partial charge in [-0.3, -0.25) is 0 Å². The van der Waals surface area contributed by atoms with Crippen LogP contribution in [0.2, 0.25) is 0 Å². The Morgan fingerprint density at radius 3 is 2.39 bits per heavy atom. The minimum absolute atomic E-state index is 0.0227. The number of rotatable bonds is 5. The maximum atomic E-state index is 8.94. The second-order valence-corrected chi connectivity index (χ2v) is 4.36. The van der Waals surface area contributed by atoms with Crippen LogP contribution in [-0.4, -0.2) is 33.2 Å². The fraction of sp³-hybridized carbons (Fsp3) is 0.500. The molecule has 1 rings (SSSR count). The van der Waals surface area contributed by atoms with E-state index < -0.39 is 0 Å². The summed E-state index contributed by atoms with van der Waals surface area (Å²) in [6, 6.07) is 6.12. The van der Waals surface area contributed by atoms with Crippen LogP contribution in [0, 0.1) is 18.3 Å². The Labute approximate surface area is 109 Å². The van der Waals surface area contributed by atoms with Crippen LogP contribution in [0.4, 0.5) is 0 Å². The molecule has 0 aromatic heterocycles. The average molecular weight is 248 g/mol. The summed E-state index contributed by atoms with van der Waals surface area (Å²) in [4.78, 5) is 2.02. The summed E-state index contributed by atoms with van der Waals surface area (Å²) < 4.78 is 10.8. The van der Waals surface area contributed by atoms with Gasteiger partial charge in [-0.2, -0.15) is 5.26 Å². The van der Waals surface area contributed by atoms with E-state index in [0.29, 0.717) is 6.42 Å². The van der Waals surface area contributed by atoms with Crippen molar-refractivity contribution in [1.82, 2.24) is 4.90 Å². The molecule has 0 N–H and O–H groups in total. The Bertz CT molecular complexity index is 450. The van der Waals surface area contributed by atoms with E-state index in [0.717, 1.165) is 22.6 Å². The van der Waals surface area contributed by atoms with Crippen molar-refractivity contribution in [2.45, 2.75) is 19.4 Å². The van der Waals surface area contributed by atoms with Crippen LogP contribution >= 0.6 is 0 Å². The third-order valence-corrected chi connectivity index (χ3v) is 3.08. The van der Waals surface area contributed by atoms with Crippen LogP contribution in [0.1, 0.15) is 23.6 Å². The Balaban J connectivity index is 3.31. The van der Waals surface area contributed by atoms with Gasteiger partial charge in [-0.1, -0.05) is 6.07 Å². The Morgan fingerprint density at radius 1 is 1.28 bits per heavy atom. The van der Waals surface area contributed by atoms with Crippen molar-refractivity contribution < 1.29 is 9.47 Å². The van der Waals surface area contributed by atoms with Gasteiger partial charge >= 0.3 is 0 Å². The molecular formula is C14H20N2O2. The molecule has 0 fully saturated rings. The molecule has 0 radical (unpaired) electrons. The minimum Gasteiger partial charge on any atom is -0.496 e. The van der Waals surface area contributed by atoms with E-state index in [1.165, 1.54) is 0 Å². The molecule has 0 heterocycles. The van der Waals surface area contributed by atoms with Gasteiger partial charge in [0.25, 0.3) is 0 Å². The van der Waals surface area contributed by atoms with Crippen molar-refractivity contribution in [2.24, 2.45) is 0 Å². The SMILES string of the molecule is COc1ccc(C(CC#N)N(C)C)c(OC)c1C. The lowest BCUT2D eigenvalue weighted by Crippen LogP contribution is -2.20. The standard InChI is InChI=1S/C14H20N2O2/c1-10-13(17-4)7-6-11(14(10)18-5)12(8-9-15)16(2)3/h6-7,12H,8H2,1-5H3. The van der Waals surface area contributed by atoms with Crippen molar-refractivity contribution >= 4 is 0 Å². The van der Waals surface area contributed by atoms with Crippen molar-refractivity contribution in [3.63, 3.8) is 0 Å². The lowest BCUT2D eigenvalue weighted by Gasteiger charge is -2.25. The predicted molar refractivity (Wildman–Crippen MR) is 70.9 cm³/mol. The lowest BCUT2D eigenvalue weighted by atomic mass is 9.99. The van der Waals surface area contributed by atoms with Crippen LogP contribution < -0.4 is 9.47 Å². The molecule has 1 unspecified atom stereocenters. The van der Waals surface area contributed by atoms with E-state index in [-0.39, 0.29) is 6.04 Å². The van der Waals surface area contributed by atoms with E-state index in [1.807, 2.05) is 38.1 Å². The molecule has 4 nitrogen and oxygen atoms in total. The van der Waals surface area contributed by atoms with Crippen LogP contribution in [0.3, 0.4) is 0 Å². The first-order valence-corrected chi connectivity index (χ1v) is 5.81. The minimum atomic E-state index is 0.0227. The highest BCUT2D eigenvalue weighted by Gasteiger charge is 2.21. The highest BCUT2D eigenvalue weighted by Crippen LogP contribution is 2.37. The summed E-state index contributed by atoms with van der Waals surface area (Å²) in [7, 11) is 7.20. The number of hydrogen-bond donors (Lipinski definition) is 0. The van der Waals surface area contributed by atoms with Crippen LogP contribution in [0.25, 0.3) is 0 Å². The number of nitrogens with zero attached hydrogens (tertiary/aromatic N) is 2. The van der Waals surface area contributed by atoms with Gasteiger partial charge in [-0.25, -0.2) is 0 Å². The highest BCUT2D eigenvalue weighted by molar-refractivity contribution is 5.50. The summed E-state index contributed by atoms with van der Waals surface area (Å²) >= 11 is 0. The van der Waals surface area contributed by atoms with Gasteiger partial charge in [0.2, 0.25) is 0 Å². The molecule has 0 amide bonds. The number of benzene rings is 1. The van der Waals surface area contributed by atoms with Gasteiger partial charge in [0, 0.05) is 11.1 Å². The number of nitriles is 1. The van der Waals surface area contributed by atoms with E-state index in [1.54, 1.807) is 14.2 Å². The van der Waals surface area contributed by atoms with E-state index in [4.69, 9.17) is 14.7 Å². The van der Waals surface area contributed by atoms with Crippen molar-refractivity contribution in [3.05, 3.63) is 23.3 Å². The number of hydrogen-bond acceptors (Lipinski definition) is 4. The third kappa shape index (κ3) is 2.74. The molecule has 18 heavy (non-hydrogen) atoms. The van der Waals surface area contributed by atoms with E-state index >= 15 is 0 Å². The zero-order valence-electron chi connectivity index (χ0n) is 11.7. The Hall–Kier alpha value is -1.73. The summed E-state index contributed by atoms with van der Waals surface area (Å²) in [5.41, 5.74) is 1.98. The Morgan fingerprint density at radius 2 is 1.94 bits per heavy atom. The fourth-order valence-electron chi connectivity index (χ4n) is 2.11. The molecular weight excluding hydrogens is 228 g/mol. The quantitative estimate of drug-likeness (QED) is 0.803. The van der Waals surface area contributed by atoms with Gasteiger partial charge in [-0.15, -0.1) is 0 Å². The topological polar surface area (TPSA) is 45.5 Å². The molecule has 0 aliphatic heterocycles. The molecule has 4 heteroatoms. The molecule has 0 spiro atoms. The van der Waals surface area contributed by atoms with Gasteiger partial charge in [0.1, 0.15) is 11.5 Å². The predicted octanol–water partition coefficient (Wildman–Crippen LogP) is 2.53. The van der Waals surface area contributed by atoms with Crippen LogP contribution in [0.5, 0.6) is 11.5 Å². The van der Waals surface area contributed by atoms with Crippen molar-refractivity contribution in [3.8, 4) is 17.6 Å². The summed E-state index contributed by atoms with van der Waals surface area (Å²) in [6.45, 7) is 1.96. The van der Waals surface area contributed by atoms with Crippen LogP contribution in [0.15, 0.2) is 12.1 Å². The normalized spacial score (nSPS) is 12.1. The molecule has 0 saturated carbocycles. The zero-order chi connectivity index (χ0) is 13.7. The first-order chi connectivity index (χ1) is 8.56. The van der Waals surface area contributed by atoms with Gasteiger partial charge < -0.3 is 14.4 Å². The highest BCUT2D eigenvalue weighted by atomic mass is 16.5. The molecule has 0 bridgehead atoms. The van der Waals surface area contributed by atoms with Crippen LogP contribution in [-0.2, 0) is 0 Å². The molecule has 0 saturated heterocycles. The number of methoxy groups -OCH3 is 2. The molecule has 0 aliphatic carbocycles. The fourth-order valence-corrected chi connectivity index (χ4v) is 2.11. The van der Waals surface area contributed by atoms with Gasteiger partial charge in [0.15, 0.2) is 0 Å². The second-order valence-electron chi connectivity index (χ2n) is 4.36. The second kappa shape index (κ2) is 6.27. The van der Waals surface area contributed by atoms with Gasteiger partial charge in [0.05, 0.1) is 32.8 Å². The summed E-state index contributed by atoms with van der Waals surface area (Å²) in [6.07, 6.45) is 0.426. The molecule has 1 aromatic carbocycles. The summed E-state index contributed by atoms with van der Waals surface area (Å²) in [5.74, 6) is 1.59. The molecule has 98 valence electrons. The van der Waals surface area contributed by atoms with E-state index in [2.05, 4.69) is 6.07 Å².